The van der Waals surface area contributed by atoms with Crippen LogP contribution in [0.4, 0.5) is 20.4 Å². The lowest BCUT2D eigenvalue weighted by Crippen LogP contribution is -2.39. The van der Waals surface area contributed by atoms with Crippen LogP contribution in [0, 0.1) is 17.8 Å². The van der Waals surface area contributed by atoms with Crippen LogP contribution in [0.1, 0.15) is 26.3 Å². The van der Waals surface area contributed by atoms with Crippen LogP contribution in [-0.4, -0.2) is 61.4 Å². The number of nitrogens with zero attached hydrogens (tertiary/aromatic N) is 3. The molecule has 0 aliphatic carbocycles. The normalized spacial score (nSPS) is 27.8. The molecule has 3 atom stereocenters. The number of fused-ring (bicyclic) bond motifs is 3. The quantitative estimate of drug-likeness (QED) is 0.671. The Morgan fingerprint density at radius 2 is 1.81 bits per heavy atom. The largest absolute Gasteiger partial charge is 0.586 e. The van der Waals surface area contributed by atoms with Crippen molar-refractivity contribution in [1.82, 2.24) is 9.88 Å². The Morgan fingerprint density at radius 1 is 1.11 bits per heavy atom. The van der Waals surface area contributed by atoms with Crippen molar-refractivity contribution in [2.24, 2.45) is 17.8 Å². The molecule has 0 bridgehead atoms. The smallest absolute Gasteiger partial charge is 0.492 e. The molecule has 36 heavy (non-hydrogen) atoms. The van der Waals surface area contributed by atoms with Crippen molar-refractivity contribution in [3.8, 4) is 17.2 Å². The SMILES string of the molecule is CC(C)CN1CC2CN(c3cccc(NC(=O)C4(C)COc5cc6c(cc54)OC(F)(F)O6)n3)CC2C1. The van der Waals surface area contributed by atoms with E-state index < -0.39 is 11.7 Å². The third-order valence-electron chi connectivity index (χ3n) is 7.60. The van der Waals surface area contributed by atoms with Crippen molar-refractivity contribution in [1.29, 1.82) is 0 Å². The molecule has 0 radical (unpaired) electrons. The molecule has 2 fully saturated rings. The first-order chi connectivity index (χ1) is 17.1. The summed E-state index contributed by atoms with van der Waals surface area (Å²) in [5.41, 5.74) is -0.636. The number of aromatic nitrogens is 1. The first-order valence-electron chi connectivity index (χ1n) is 12.4. The number of pyridine rings is 1. The lowest BCUT2D eigenvalue weighted by molar-refractivity contribution is -0.286. The van der Waals surface area contributed by atoms with Gasteiger partial charge in [-0.1, -0.05) is 19.9 Å². The van der Waals surface area contributed by atoms with Gasteiger partial charge in [-0.15, -0.1) is 8.78 Å². The average Bonchev–Trinajstić information content (AvgIpc) is 3.52. The van der Waals surface area contributed by atoms with Gasteiger partial charge in [-0.2, -0.15) is 0 Å². The standard InChI is InChI=1S/C26H30F2N4O4/c1-15(2)9-31-10-16-12-32(13-17(16)11-31)23-6-4-5-22(29-23)30-24(33)25(3)14-34-19-8-21-20(7-18(19)25)35-26(27,28)36-21/h4-8,15-17H,9-14H2,1-3H3,(H,29,30,33). The van der Waals surface area contributed by atoms with Gasteiger partial charge in [0.1, 0.15) is 29.4 Å². The average molecular weight is 501 g/mol. The first kappa shape index (κ1) is 23.3. The van der Waals surface area contributed by atoms with Crippen molar-refractivity contribution in [2.75, 3.05) is 49.5 Å². The third-order valence-corrected chi connectivity index (χ3v) is 7.60. The molecule has 1 N–H and O–H groups in total. The minimum Gasteiger partial charge on any atom is -0.492 e. The van der Waals surface area contributed by atoms with Gasteiger partial charge in [0.15, 0.2) is 11.5 Å². The zero-order valence-corrected chi connectivity index (χ0v) is 20.6. The highest BCUT2D eigenvalue weighted by Gasteiger charge is 2.49. The number of nitrogens with one attached hydrogen (secondary N) is 1. The lowest BCUT2D eigenvalue weighted by atomic mass is 9.83. The Hall–Kier alpha value is -3.14. The zero-order valence-electron chi connectivity index (χ0n) is 20.6. The van der Waals surface area contributed by atoms with E-state index in [9.17, 15) is 13.6 Å². The van der Waals surface area contributed by atoms with Crippen LogP contribution in [-0.2, 0) is 10.2 Å². The van der Waals surface area contributed by atoms with E-state index in [4.69, 9.17) is 9.72 Å². The minimum absolute atomic E-state index is 0.0650. The van der Waals surface area contributed by atoms with Gasteiger partial charge in [0.2, 0.25) is 5.91 Å². The monoisotopic (exact) mass is 500 g/mol. The number of hydrogen-bond donors (Lipinski definition) is 1. The van der Waals surface area contributed by atoms with E-state index in [-0.39, 0.29) is 24.0 Å². The molecular weight excluding hydrogens is 470 g/mol. The predicted octanol–water partition coefficient (Wildman–Crippen LogP) is 3.72. The van der Waals surface area contributed by atoms with Crippen LogP contribution < -0.4 is 24.4 Å². The van der Waals surface area contributed by atoms with E-state index in [1.54, 1.807) is 13.0 Å². The van der Waals surface area contributed by atoms with Crippen molar-refractivity contribution < 1.29 is 27.8 Å². The van der Waals surface area contributed by atoms with E-state index >= 15 is 0 Å². The summed E-state index contributed by atoms with van der Waals surface area (Å²) in [7, 11) is 0. The van der Waals surface area contributed by atoms with Crippen LogP contribution in [0.15, 0.2) is 30.3 Å². The number of rotatable bonds is 5. The molecule has 4 aliphatic rings. The zero-order chi connectivity index (χ0) is 25.2. The summed E-state index contributed by atoms with van der Waals surface area (Å²) in [5, 5.41) is 2.91. The Balaban J connectivity index is 1.15. The number of halogens is 2. The maximum absolute atomic E-state index is 13.5. The molecule has 2 saturated heterocycles. The van der Waals surface area contributed by atoms with Crippen LogP contribution >= 0.6 is 0 Å². The summed E-state index contributed by atoms with van der Waals surface area (Å²) < 4.78 is 41.7. The molecule has 1 aromatic heterocycles. The number of anilines is 2. The molecule has 6 rings (SSSR count). The number of benzene rings is 1. The van der Waals surface area contributed by atoms with Gasteiger partial charge in [-0.05, 0) is 42.9 Å². The molecule has 2 aromatic rings. The Labute approximate surface area is 208 Å². The number of likely N-dealkylation sites (tertiary alicyclic amines) is 1. The van der Waals surface area contributed by atoms with Crippen LogP contribution in [0.3, 0.4) is 0 Å². The maximum atomic E-state index is 13.5. The van der Waals surface area contributed by atoms with E-state index in [0.717, 1.165) is 38.5 Å². The van der Waals surface area contributed by atoms with Crippen molar-refractivity contribution in [3.05, 3.63) is 35.9 Å². The maximum Gasteiger partial charge on any atom is 0.586 e. The minimum atomic E-state index is -3.73. The second-order valence-electron chi connectivity index (χ2n) is 11.0. The summed E-state index contributed by atoms with van der Waals surface area (Å²) in [4.78, 5) is 23.0. The molecule has 0 saturated carbocycles. The predicted molar refractivity (Wildman–Crippen MR) is 129 cm³/mol. The summed E-state index contributed by atoms with van der Waals surface area (Å²) in [6.07, 6.45) is -3.73. The van der Waals surface area contributed by atoms with Crippen molar-refractivity contribution in [3.63, 3.8) is 0 Å². The lowest BCUT2D eigenvalue weighted by Gasteiger charge is -2.24. The number of carbonyl (C=O) groups is 1. The molecule has 8 nitrogen and oxygen atoms in total. The summed E-state index contributed by atoms with van der Waals surface area (Å²) in [6.45, 7) is 11.6. The fraction of sp³-hybridized carbons (Fsp3) is 0.538. The van der Waals surface area contributed by atoms with E-state index in [2.05, 4.69) is 38.4 Å². The molecule has 10 heteroatoms. The van der Waals surface area contributed by atoms with Gasteiger partial charge in [-0.3, -0.25) is 4.79 Å². The van der Waals surface area contributed by atoms with Gasteiger partial charge in [0, 0.05) is 44.4 Å². The number of alkyl halides is 2. The van der Waals surface area contributed by atoms with E-state index in [0.29, 0.717) is 34.9 Å². The second-order valence-corrected chi connectivity index (χ2v) is 11.0. The first-order valence-corrected chi connectivity index (χ1v) is 12.4. The van der Waals surface area contributed by atoms with Gasteiger partial charge in [0.25, 0.3) is 0 Å². The summed E-state index contributed by atoms with van der Waals surface area (Å²) >= 11 is 0. The fourth-order valence-corrected chi connectivity index (χ4v) is 5.88. The second kappa shape index (κ2) is 8.19. The molecule has 0 spiro atoms. The Bertz CT molecular complexity index is 1190. The number of ether oxygens (including phenoxy) is 3. The highest BCUT2D eigenvalue weighted by Crippen LogP contribution is 2.50. The van der Waals surface area contributed by atoms with Crippen LogP contribution in [0.5, 0.6) is 17.2 Å². The Morgan fingerprint density at radius 3 is 2.50 bits per heavy atom. The van der Waals surface area contributed by atoms with Crippen molar-refractivity contribution in [2.45, 2.75) is 32.5 Å². The summed E-state index contributed by atoms with van der Waals surface area (Å²) in [6, 6.07) is 8.35. The topological polar surface area (TPSA) is 76.2 Å². The van der Waals surface area contributed by atoms with Gasteiger partial charge < -0.3 is 29.3 Å². The highest BCUT2D eigenvalue weighted by atomic mass is 19.3. The van der Waals surface area contributed by atoms with E-state index in [1.165, 1.54) is 12.1 Å². The van der Waals surface area contributed by atoms with Gasteiger partial charge in [-0.25, -0.2) is 4.98 Å². The molecule has 192 valence electrons. The molecule has 3 unspecified atom stereocenters. The van der Waals surface area contributed by atoms with Crippen LogP contribution in [0.25, 0.3) is 0 Å². The van der Waals surface area contributed by atoms with Crippen LogP contribution in [0.2, 0.25) is 0 Å². The molecule has 1 amide bonds. The van der Waals surface area contributed by atoms with Gasteiger partial charge >= 0.3 is 6.29 Å². The van der Waals surface area contributed by atoms with Crippen molar-refractivity contribution >= 4 is 17.5 Å². The highest BCUT2D eigenvalue weighted by molar-refractivity contribution is 5.99. The molecule has 1 aromatic carbocycles. The number of amides is 1. The molecular formula is C26H30F2N4O4. The van der Waals surface area contributed by atoms with Gasteiger partial charge in [0.05, 0.1) is 0 Å². The molecule has 5 heterocycles. The Kier molecular flexibility index (Phi) is 5.30. The third kappa shape index (κ3) is 4.01. The molecule has 4 aliphatic heterocycles. The fourth-order valence-electron chi connectivity index (χ4n) is 5.88. The van der Waals surface area contributed by atoms with E-state index in [1.807, 2.05) is 12.1 Å². The summed E-state index contributed by atoms with van der Waals surface area (Å²) in [5.74, 6) is 2.99. The number of carbonyl (C=O) groups excluding carboxylic acids is 1. The number of hydrogen-bond acceptors (Lipinski definition) is 7.